The molecule has 0 radical (unpaired) electrons. The number of ether oxygens (including phenoxy) is 1. The van der Waals surface area contributed by atoms with Crippen LogP contribution in [0.1, 0.15) is 46.5 Å². The zero-order valence-corrected chi connectivity index (χ0v) is 16.7. The number of hydrogen-bond acceptors (Lipinski definition) is 5. The Morgan fingerprint density at radius 1 is 1.21 bits per heavy atom. The number of likely N-dealkylation sites (tertiary alicyclic amines) is 1. The molecule has 150 valence electrons. The smallest absolute Gasteiger partial charge is 0.275 e. The van der Waals surface area contributed by atoms with Crippen LogP contribution < -0.4 is 4.74 Å². The average molecular weight is 385 g/mol. The van der Waals surface area contributed by atoms with E-state index >= 15 is 0 Å². The maximum atomic E-state index is 13.0. The highest BCUT2D eigenvalue weighted by Gasteiger charge is 2.27. The van der Waals surface area contributed by atoms with Gasteiger partial charge in [0.15, 0.2) is 5.69 Å². The van der Waals surface area contributed by atoms with E-state index in [1.807, 2.05) is 29.2 Å². The molecule has 2 aromatic rings. The molecule has 1 saturated heterocycles. The standard InChI is InChI=1S/C20H27N5O3/c1-23(2)20(27)18-14-24(22-21-18)13-11-16-6-4-5-12-25(16)19(26)15-7-9-17(28-3)10-8-15/h7-10,14,16H,4-6,11-13H2,1-3H3. The fourth-order valence-electron chi connectivity index (χ4n) is 3.48. The van der Waals surface area contributed by atoms with Gasteiger partial charge in [0.2, 0.25) is 0 Å². The fraction of sp³-hybridized carbons (Fsp3) is 0.500. The number of benzene rings is 1. The third-order valence-electron chi connectivity index (χ3n) is 5.08. The molecule has 8 nitrogen and oxygen atoms in total. The number of hydrogen-bond donors (Lipinski definition) is 0. The molecule has 1 aromatic carbocycles. The van der Waals surface area contributed by atoms with Crippen molar-refractivity contribution in [2.75, 3.05) is 27.7 Å². The molecule has 0 saturated carbocycles. The first-order chi connectivity index (χ1) is 13.5. The van der Waals surface area contributed by atoms with E-state index in [0.717, 1.165) is 38.0 Å². The van der Waals surface area contributed by atoms with Gasteiger partial charge in [-0.25, -0.2) is 0 Å². The van der Waals surface area contributed by atoms with Gasteiger partial charge in [0.05, 0.1) is 13.3 Å². The lowest BCUT2D eigenvalue weighted by Crippen LogP contribution is -2.44. The normalized spacial score (nSPS) is 16.7. The van der Waals surface area contributed by atoms with E-state index < -0.39 is 0 Å². The highest BCUT2D eigenvalue weighted by molar-refractivity contribution is 5.94. The lowest BCUT2D eigenvalue weighted by molar-refractivity contribution is 0.0593. The summed E-state index contributed by atoms with van der Waals surface area (Å²) in [5.41, 5.74) is 1.01. The van der Waals surface area contributed by atoms with E-state index in [1.165, 1.54) is 4.90 Å². The summed E-state index contributed by atoms with van der Waals surface area (Å²) in [5, 5.41) is 8.00. The maximum Gasteiger partial charge on any atom is 0.275 e. The number of aryl methyl sites for hydroxylation is 1. The van der Waals surface area contributed by atoms with Crippen LogP contribution in [-0.4, -0.2) is 70.4 Å². The number of amides is 2. The Balaban J connectivity index is 1.64. The van der Waals surface area contributed by atoms with Crippen molar-refractivity contribution in [2.24, 2.45) is 0 Å². The fourth-order valence-corrected chi connectivity index (χ4v) is 3.48. The van der Waals surface area contributed by atoms with Gasteiger partial charge in [-0.2, -0.15) is 0 Å². The molecule has 3 rings (SSSR count). The Morgan fingerprint density at radius 2 is 1.96 bits per heavy atom. The molecule has 1 fully saturated rings. The summed E-state index contributed by atoms with van der Waals surface area (Å²) < 4.78 is 6.85. The number of carbonyl (C=O) groups excluding carboxylic acids is 2. The predicted molar refractivity (Wildman–Crippen MR) is 104 cm³/mol. The maximum absolute atomic E-state index is 13.0. The van der Waals surface area contributed by atoms with Crippen LogP contribution >= 0.6 is 0 Å². The molecular weight excluding hydrogens is 358 g/mol. The predicted octanol–water partition coefficient (Wildman–Crippen LogP) is 2.07. The number of methoxy groups -OCH3 is 1. The Hall–Kier alpha value is -2.90. The van der Waals surface area contributed by atoms with Gasteiger partial charge in [0, 0.05) is 38.8 Å². The minimum absolute atomic E-state index is 0.0504. The van der Waals surface area contributed by atoms with Crippen molar-refractivity contribution in [3.05, 3.63) is 41.7 Å². The van der Waals surface area contributed by atoms with Crippen molar-refractivity contribution in [3.8, 4) is 5.75 Å². The highest BCUT2D eigenvalue weighted by atomic mass is 16.5. The summed E-state index contributed by atoms with van der Waals surface area (Å²) in [6.07, 6.45) is 5.55. The Kier molecular flexibility index (Phi) is 6.28. The van der Waals surface area contributed by atoms with E-state index in [-0.39, 0.29) is 17.9 Å². The summed E-state index contributed by atoms with van der Waals surface area (Å²) >= 11 is 0. The van der Waals surface area contributed by atoms with Crippen molar-refractivity contribution in [1.82, 2.24) is 24.8 Å². The van der Waals surface area contributed by atoms with E-state index in [1.54, 1.807) is 32.1 Å². The Bertz CT molecular complexity index is 816. The first-order valence-corrected chi connectivity index (χ1v) is 9.56. The molecule has 1 unspecified atom stereocenters. The number of aromatic nitrogens is 3. The molecule has 0 aliphatic carbocycles. The van der Waals surface area contributed by atoms with Crippen molar-refractivity contribution < 1.29 is 14.3 Å². The molecule has 0 spiro atoms. The lowest BCUT2D eigenvalue weighted by Gasteiger charge is -2.36. The molecule has 0 bridgehead atoms. The quantitative estimate of drug-likeness (QED) is 0.760. The highest BCUT2D eigenvalue weighted by Crippen LogP contribution is 2.23. The second-order valence-corrected chi connectivity index (χ2v) is 7.23. The van der Waals surface area contributed by atoms with Gasteiger partial charge in [-0.3, -0.25) is 14.3 Å². The topological polar surface area (TPSA) is 80.6 Å². The van der Waals surface area contributed by atoms with Gasteiger partial charge in [-0.15, -0.1) is 5.10 Å². The van der Waals surface area contributed by atoms with Crippen LogP contribution in [0.25, 0.3) is 0 Å². The minimum atomic E-state index is -0.166. The van der Waals surface area contributed by atoms with Crippen LogP contribution in [0, 0.1) is 0 Å². The number of rotatable bonds is 6. The average Bonchev–Trinajstić information content (AvgIpc) is 3.20. The van der Waals surface area contributed by atoms with Crippen molar-refractivity contribution in [2.45, 2.75) is 38.3 Å². The molecule has 28 heavy (non-hydrogen) atoms. The molecular formula is C20H27N5O3. The van der Waals surface area contributed by atoms with Crippen LogP contribution in [0.3, 0.4) is 0 Å². The molecule has 2 amide bonds. The first kappa shape index (κ1) is 19.9. The number of carbonyl (C=O) groups is 2. The van der Waals surface area contributed by atoms with Gasteiger partial charge in [0.1, 0.15) is 5.75 Å². The van der Waals surface area contributed by atoms with Gasteiger partial charge in [0.25, 0.3) is 11.8 Å². The molecule has 1 aliphatic heterocycles. The van der Waals surface area contributed by atoms with E-state index in [9.17, 15) is 9.59 Å². The van der Waals surface area contributed by atoms with Gasteiger partial charge >= 0.3 is 0 Å². The minimum Gasteiger partial charge on any atom is -0.497 e. The zero-order chi connectivity index (χ0) is 20.1. The van der Waals surface area contributed by atoms with Crippen LogP contribution in [0.2, 0.25) is 0 Å². The summed E-state index contributed by atoms with van der Waals surface area (Å²) in [5.74, 6) is 0.621. The second-order valence-electron chi connectivity index (χ2n) is 7.23. The Morgan fingerprint density at radius 3 is 2.64 bits per heavy atom. The molecule has 1 aromatic heterocycles. The molecule has 2 heterocycles. The van der Waals surface area contributed by atoms with Crippen LogP contribution in [-0.2, 0) is 6.54 Å². The Labute approximate surface area is 165 Å². The molecule has 8 heteroatoms. The van der Waals surface area contributed by atoms with Gasteiger partial charge < -0.3 is 14.5 Å². The van der Waals surface area contributed by atoms with E-state index in [0.29, 0.717) is 17.8 Å². The summed E-state index contributed by atoms with van der Waals surface area (Å²) in [6, 6.07) is 7.39. The number of piperidine rings is 1. The molecule has 0 N–H and O–H groups in total. The van der Waals surface area contributed by atoms with Crippen molar-refractivity contribution in [1.29, 1.82) is 0 Å². The van der Waals surface area contributed by atoms with Crippen molar-refractivity contribution >= 4 is 11.8 Å². The number of nitrogens with zero attached hydrogens (tertiary/aromatic N) is 5. The summed E-state index contributed by atoms with van der Waals surface area (Å²) in [4.78, 5) is 28.4. The molecule has 1 atom stereocenters. The van der Waals surface area contributed by atoms with Crippen molar-refractivity contribution in [3.63, 3.8) is 0 Å². The summed E-state index contributed by atoms with van der Waals surface area (Å²) in [6.45, 7) is 1.38. The monoisotopic (exact) mass is 385 g/mol. The van der Waals surface area contributed by atoms with Crippen LogP contribution in [0.4, 0.5) is 0 Å². The second kappa shape index (κ2) is 8.86. The summed E-state index contributed by atoms with van der Waals surface area (Å²) in [7, 11) is 4.98. The first-order valence-electron chi connectivity index (χ1n) is 9.56. The zero-order valence-electron chi connectivity index (χ0n) is 16.7. The third-order valence-corrected chi connectivity index (χ3v) is 5.08. The van der Waals surface area contributed by atoms with Crippen LogP contribution in [0.5, 0.6) is 5.75 Å². The molecule has 1 aliphatic rings. The van der Waals surface area contributed by atoms with Crippen LogP contribution in [0.15, 0.2) is 30.5 Å². The van der Waals surface area contributed by atoms with E-state index in [4.69, 9.17) is 4.74 Å². The van der Waals surface area contributed by atoms with Gasteiger partial charge in [-0.05, 0) is 49.9 Å². The lowest BCUT2D eigenvalue weighted by atomic mass is 9.98. The van der Waals surface area contributed by atoms with E-state index in [2.05, 4.69) is 10.3 Å². The third kappa shape index (κ3) is 4.49. The largest absolute Gasteiger partial charge is 0.497 e. The SMILES string of the molecule is COc1ccc(C(=O)N2CCCCC2CCn2cc(C(=O)N(C)C)nn2)cc1. The van der Waals surface area contributed by atoms with Gasteiger partial charge in [-0.1, -0.05) is 5.21 Å².